The molecule has 1 atom stereocenters. The SMILES string of the molecule is CCc1cc(NC(=O)[C@@H](Cc2ncc(C)o2)NC(=O)c2ccc(Br)s2)ccc1CCN(C)C. The average molecular weight is 533 g/mol. The van der Waals surface area contributed by atoms with Crippen molar-refractivity contribution in [2.24, 2.45) is 0 Å². The summed E-state index contributed by atoms with van der Waals surface area (Å²) in [6.45, 7) is 4.85. The summed E-state index contributed by atoms with van der Waals surface area (Å²) < 4.78 is 6.40. The Morgan fingerprint density at radius 1 is 1.21 bits per heavy atom. The second-order valence-electron chi connectivity index (χ2n) is 8.08. The number of aryl methyl sites for hydroxylation is 2. The van der Waals surface area contributed by atoms with Crippen molar-refractivity contribution in [1.29, 1.82) is 0 Å². The van der Waals surface area contributed by atoms with Crippen LogP contribution < -0.4 is 10.6 Å². The molecule has 2 heterocycles. The quantitative estimate of drug-likeness (QED) is 0.402. The molecule has 7 nitrogen and oxygen atoms in total. The third-order valence-corrected chi connectivity index (χ3v) is 6.77. The standard InChI is InChI=1S/C24H29BrN4O3S/c1-5-16-12-18(7-6-17(16)10-11-29(3)4)27-23(30)19(13-22-26-14-15(2)32-22)28-24(31)20-8-9-21(25)33-20/h6-9,12,14,19H,5,10-11,13H2,1-4H3,(H,27,30)(H,28,31)/t19-/m1/s1. The Morgan fingerprint density at radius 2 is 2.00 bits per heavy atom. The van der Waals surface area contributed by atoms with Gasteiger partial charge in [0, 0.05) is 12.2 Å². The van der Waals surface area contributed by atoms with E-state index in [1.54, 1.807) is 25.3 Å². The number of nitrogens with zero attached hydrogens (tertiary/aromatic N) is 2. The third kappa shape index (κ3) is 7.25. The first-order valence-corrected chi connectivity index (χ1v) is 12.4. The molecule has 2 N–H and O–H groups in total. The number of carbonyl (C=O) groups is 2. The van der Waals surface area contributed by atoms with E-state index in [1.165, 1.54) is 22.5 Å². The minimum Gasteiger partial charge on any atom is -0.446 e. The normalized spacial score (nSPS) is 12.1. The number of hydrogen-bond donors (Lipinski definition) is 2. The van der Waals surface area contributed by atoms with Crippen LogP contribution in [0.4, 0.5) is 5.69 Å². The maximum atomic E-state index is 13.2. The average Bonchev–Trinajstić information content (AvgIpc) is 3.39. The molecule has 176 valence electrons. The van der Waals surface area contributed by atoms with Gasteiger partial charge in [0.2, 0.25) is 5.91 Å². The summed E-state index contributed by atoms with van der Waals surface area (Å²) in [5.41, 5.74) is 3.17. The van der Waals surface area contributed by atoms with Gasteiger partial charge in [-0.25, -0.2) is 4.98 Å². The van der Waals surface area contributed by atoms with E-state index in [-0.39, 0.29) is 18.2 Å². The van der Waals surface area contributed by atoms with Crippen LogP contribution in [0.3, 0.4) is 0 Å². The number of benzene rings is 1. The summed E-state index contributed by atoms with van der Waals surface area (Å²) in [6.07, 6.45) is 3.57. The van der Waals surface area contributed by atoms with Crippen molar-refractivity contribution in [2.75, 3.05) is 26.0 Å². The van der Waals surface area contributed by atoms with Crippen LogP contribution in [0.15, 0.2) is 44.7 Å². The molecule has 0 saturated heterocycles. The van der Waals surface area contributed by atoms with Crippen molar-refractivity contribution in [3.8, 4) is 0 Å². The molecule has 0 bridgehead atoms. The van der Waals surface area contributed by atoms with E-state index in [9.17, 15) is 9.59 Å². The van der Waals surface area contributed by atoms with E-state index < -0.39 is 6.04 Å². The molecule has 3 aromatic rings. The van der Waals surface area contributed by atoms with Gasteiger partial charge in [-0.3, -0.25) is 9.59 Å². The largest absolute Gasteiger partial charge is 0.446 e. The first-order chi connectivity index (χ1) is 15.7. The van der Waals surface area contributed by atoms with Crippen LogP contribution in [-0.2, 0) is 24.1 Å². The summed E-state index contributed by atoms with van der Waals surface area (Å²) in [5, 5.41) is 5.79. The molecule has 2 amide bonds. The van der Waals surface area contributed by atoms with Crippen LogP contribution in [0.2, 0.25) is 0 Å². The minimum atomic E-state index is -0.838. The van der Waals surface area contributed by atoms with Crippen LogP contribution in [0, 0.1) is 6.92 Å². The molecule has 2 aromatic heterocycles. The predicted molar refractivity (Wildman–Crippen MR) is 135 cm³/mol. The Bertz CT molecular complexity index is 1110. The highest BCUT2D eigenvalue weighted by atomic mass is 79.9. The summed E-state index contributed by atoms with van der Waals surface area (Å²) in [5.74, 6) is 0.410. The zero-order chi connectivity index (χ0) is 24.0. The van der Waals surface area contributed by atoms with E-state index in [0.717, 1.165) is 23.2 Å². The van der Waals surface area contributed by atoms with E-state index in [0.29, 0.717) is 22.2 Å². The van der Waals surface area contributed by atoms with Gasteiger partial charge >= 0.3 is 0 Å². The number of halogens is 1. The van der Waals surface area contributed by atoms with Gasteiger partial charge in [0.05, 0.1) is 21.3 Å². The number of hydrogen-bond acceptors (Lipinski definition) is 6. The molecular weight excluding hydrogens is 504 g/mol. The summed E-state index contributed by atoms with van der Waals surface area (Å²) in [7, 11) is 4.11. The molecule has 0 aliphatic carbocycles. The number of nitrogens with one attached hydrogen (secondary N) is 2. The van der Waals surface area contributed by atoms with Gasteiger partial charge in [-0.15, -0.1) is 11.3 Å². The number of amides is 2. The number of anilines is 1. The molecule has 1 aromatic carbocycles. The Kier molecular flexibility index (Phi) is 8.82. The van der Waals surface area contributed by atoms with Crippen molar-refractivity contribution in [1.82, 2.24) is 15.2 Å². The summed E-state index contributed by atoms with van der Waals surface area (Å²) in [4.78, 5) is 32.8. The topological polar surface area (TPSA) is 87.5 Å². The molecule has 0 aliphatic rings. The van der Waals surface area contributed by atoms with Crippen LogP contribution in [-0.4, -0.2) is 48.4 Å². The fourth-order valence-electron chi connectivity index (χ4n) is 3.40. The third-order valence-electron chi connectivity index (χ3n) is 5.15. The molecule has 9 heteroatoms. The highest BCUT2D eigenvalue weighted by molar-refractivity contribution is 9.11. The highest BCUT2D eigenvalue weighted by Crippen LogP contribution is 2.22. The minimum absolute atomic E-state index is 0.152. The lowest BCUT2D eigenvalue weighted by Crippen LogP contribution is -2.45. The maximum absolute atomic E-state index is 13.2. The number of aromatic nitrogens is 1. The van der Waals surface area contributed by atoms with Gasteiger partial charge in [0.1, 0.15) is 11.8 Å². The van der Waals surface area contributed by atoms with Crippen LogP contribution in [0.1, 0.15) is 39.4 Å². The monoisotopic (exact) mass is 532 g/mol. The number of carbonyl (C=O) groups excluding carboxylic acids is 2. The van der Waals surface area contributed by atoms with Gasteiger partial charge in [0.15, 0.2) is 5.89 Å². The van der Waals surface area contributed by atoms with Crippen LogP contribution >= 0.6 is 27.3 Å². The number of thiophene rings is 1. The molecule has 0 fully saturated rings. The predicted octanol–water partition coefficient (Wildman–Crippen LogP) is 4.45. The van der Waals surface area contributed by atoms with E-state index in [1.807, 2.05) is 12.1 Å². The lowest BCUT2D eigenvalue weighted by atomic mass is 10.0. The second kappa shape index (κ2) is 11.6. The van der Waals surface area contributed by atoms with E-state index >= 15 is 0 Å². The highest BCUT2D eigenvalue weighted by Gasteiger charge is 2.25. The molecule has 33 heavy (non-hydrogen) atoms. The molecule has 0 saturated carbocycles. The number of rotatable bonds is 10. The lowest BCUT2D eigenvalue weighted by Gasteiger charge is -2.18. The molecule has 0 aliphatic heterocycles. The van der Waals surface area contributed by atoms with Gasteiger partial charge in [-0.2, -0.15) is 0 Å². The van der Waals surface area contributed by atoms with Gasteiger partial charge in [-0.05, 0) is 85.2 Å². The molecule has 0 unspecified atom stereocenters. The number of oxazole rings is 1. The van der Waals surface area contributed by atoms with Crippen molar-refractivity contribution in [3.05, 3.63) is 68.0 Å². The van der Waals surface area contributed by atoms with Crippen molar-refractivity contribution < 1.29 is 14.0 Å². The molecule has 0 radical (unpaired) electrons. The van der Waals surface area contributed by atoms with Crippen molar-refractivity contribution in [2.45, 2.75) is 39.2 Å². The second-order valence-corrected chi connectivity index (χ2v) is 10.5. The van der Waals surface area contributed by atoms with Crippen molar-refractivity contribution in [3.63, 3.8) is 0 Å². The van der Waals surface area contributed by atoms with E-state index in [4.69, 9.17) is 4.42 Å². The van der Waals surface area contributed by atoms with Gasteiger partial charge < -0.3 is 20.0 Å². The molecule has 0 spiro atoms. The summed E-state index contributed by atoms with van der Waals surface area (Å²) >= 11 is 4.67. The van der Waals surface area contributed by atoms with Crippen LogP contribution in [0.5, 0.6) is 0 Å². The van der Waals surface area contributed by atoms with Gasteiger partial charge in [0.25, 0.3) is 5.91 Å². The van der Waals surface area contributed by atoms with E-state index in [2.05, 4.69) is 63.5 Å². The fourth-order valence-corrected chi connectivity index (χ4v) is 4.68. The maximum Gasteiger partial charge on any atom is 0.262 e. The number of likely N-dealkylation sites (N-methyl/N-ethyl adjacent to an activating group) is 1. The first-order valence-electron chi connectivity index (χ1n) is 10.8. The first kappa shape index (κ1) is 25.1. The summed E-state index contributed by atoms with van der Waals surface area (Å²) in [6, 6.07) is 8.66. The Balaban J connectivity index is 1.76. The molecule has 3 rings (SSSR count). The van der Waals surface area contributed by atoms with Crippen LogP contribution in [0.25, 0.3) is 0 Å². The Labute approximate surface area is 206 Å². The molecular formula is C24H29BrN4O3S. The Hall–Kier alpha value is -2.49. The van der Waals surface area contributed by atoms with Gasteiger partial charge in [-0.1, -0.05) is 13.0 Å². The fraction of sp³-hybridized carbons (Fsp3) is 0.375. The zero-order valence-electron chi connectivity index (χ0n) is 19.3. The lowest BCUT2D eigenvalue weighted by molar-refractivity contribution is -0.118. The Morgan fingerprint density at radius 3 is 2.61 bits per heavy atom. The zero-order valence-corrected chi connectivity index (χ0v) is 21.7. The smallest absolute Gasteiger partial charge is 0.262 e. The van der Waals surface area contributed by atoms with Crippen molar-refractivity contribution >= 4 is 44.8 Å².